The third-order valence-corrected chi connectivity index (χ3v) is 4.27. The molecule has 2 aliphatic rings. The monoisotopic (exact) mass is 330 g/mol. The molecule has 6 nitrogen and oxygen atoms in total. The third-order valence-electron chi connectivity index (χ3n) is 3.84. The Balaban J connectivity index is 2.17. The van der Waals surface area contributed by atoms with Gasteiger partial charge in [0.05, 0.1) is 23.8 Å². The summed E-state index contributed by atoms with van der Waals surface area (Å²) in [6, 6.07) is 0. The van der Waals surface area contributed by atoms with Crippen LogP contribution in [0.15, 0.2) is 41.4 Å². The molecule has 23 heavy (non-hydrogen) atoms. The van der Waals surface area contributed by atoms with Gasteiger partial charge in [0.25, 0.3) is 0 Å². The van der Waals surface area contributed by atoms with Crippen molar-refractivity contribution in [2.45, 2.75) is 24.6 Å². The quantitative estimate of drug-likeness (QED) is 0.507. The normalized spacial score (nSPS) is 22.7. The lowest BCUT2D eigenvalue weighted by Crippen LogP contribution is -2.27. The number of esters is 1. The zero-order chi connectivity index (χ0) is 16.4. The highest BCUT2D eigenvalue weighted by molar-refractivity contribution is 6.23. The van der Waals surface area contributed by atoms with Gasteiger partial charge >= 0.3 is 5.97 Å². The van der Waals surface area contributed by atoms with E-state index < -0.39 is 11.9 Å². The van der Waals surface area contributed by atoms with Crippen LogP contribution in [0.25, 0.3) is 4.85 Å². The molecule has 0 radical (unpaired) electrons. The molecule has 0 bridgehead atoms. The SMILES string of the molecule is [C-]#[N+]C1=C(C(=O)OCC)C(C2=CC=CCC2Cl)c2cn[nH]c2N1. The topological polar surface area (TPSA) is 71.4 Å². The summed E-state index contributed by atoms with van der Waals surface area (Å²) >= 11 is 6.46. The van der Waals surface area contributed by atoms with E-state index in [4.69, 9.17) is 22.9 Å². The number of H-pyrrole nitrogens is 1. The zero-order valence-electron chi connectivity index (χ0n) is 12.5. The van der Waals surface area contributed by atoms with Crippen LogP contribution in [0.3, 0.4) is 0 Å². The number of carbonyl (C=O) groups excluding carboxylic acids is 1. The van der Waals surface area contributed by atoms with Crippen molar-refractivity contribution in [1.29, 1.82) is 0 Å². The number of hydrogen-bond acceptors (Lipinski definition) is 4. The number of rotatable bonds is 3. The molecule has 1 aromatic heterocycles. The first kappa shape index (κ1) is 15.4. The molecule has 118 valence electrons. The molecule has 0 spiro atoms. The van der Waals surface area contributed by atoms with Gasteiger partial charge in [-0.3, -0.25) is 5.32 Å². The lowest BCUT2D eigenvalue weighted by Gasteiger charge is -2.30. The van der Waals surface area contributed by atoms with Crippen LogP contribution in [-0.4, -0.2) is 28.2 Å². The molecule has 0 amide bonds. The number of nitrogens with one attached hydrogen (secondary N) is 2. The maximum Gasteiger partial charge on any atom is 0.326 e. The van der Waals surface area contributed by atoms with Gasteiger partial charge in [0.1, 0.15) is 0 Å². The van der Waals surface area contributed by atoms with Gasteiger partial charge in [0.15, 0.2) is 0 Å². The summed E-state index contributed by atoms with van der Waals surface area (Å²) in [7, 11) is 0. The highest BCUT2D eigenvalue weighted by atomic mass is 35.5. The van der Waals surface area contributed by atoms with Crippen LogP contribution in [0.1, 0.15) is 24.8 Å². The van der Waals surface area contributed by atoms with Crippen molar-refractivity contribution in [2.75, 3.05) is 11.9 Å². The Labute approximate surface area is 138 Å². The van der Waals surface area contributed by atoms with Gasteiger partial charge in [-0.15, -0.1) is 11.6 Å². The van der Waals surface area contributed by atoms with Crippen LogP contribution in [0.2, 0.25) is 0 Å². The van der Waals surface area contributed by atoms with Gasteiger partial charge in [-0.25, -0.2) is 9.89 Å². The predicted octanol–water partition coefficient (Wildman–Crippen LogP) is 3.11. The Morgan fingerprint density at radius 1 is 1.61 bits per heavy atom. The second-order valence-electron chi connectivity index (χ2n) is 5.15. The van der Waals surface area contributed by atoms with E-state index in [1.807, 2.05) is 18.2 Å². The summed E-state index contributed by atoms with van der Waals surface area (Å²) in [6.45, 7) is 9.37. The fraction of sp³-hybridized carbons (Fsp3) is 0.312. The first-order valence-corrected chi connectivity index (χ1v) is 7.70. The lowest BCUT2D eigenvalue weighted by atomic mass is 9.80. The Morgan fingerprint density at radius 2 is 2.43 bits per heavy atom. The molecule has 7 heteroatoms. The van der Waals surface area contributed by atoms with Gasteiger partial charge in [-0.2, -0.15) is 5.10 Å². The number of nitrogens with zero attached hydrogens (tertiary/aromatic N) is 2. The van der Waals surface area contributed by atoms with Crippen LogP contribution >= 0.6 is 11.6 Å². The summed E-state index contributed by atoms with van der Waals surface area (Å²) < 4.78 is 5.16. The maximum atomic E-state index is 12.5. The summed E-state index contributed by atoms with van der Waals surface area (Å²) in [5, 5.41) is 9.51. The van der Waals surface area contributed by atoms with Crippen molar-refractivity contribution in [3.63, 3.8) is 0 Å². The highest BCUT2D eigenvalue weighted by Crippen LogP contribution is 2.45. The van der Waals surface area contributed by atoms with E-state index in [1.54, 1.807) is 13.1 Å². The van der Waals surface area contributed by atoms with Crippen molar-refractivity contribution in [2.24, 2.45) is 0 Å². The number of anilines is 1. The number of carbonyl (C=O) groups is 1. The minimum Gasteiger partial charge on any atom is -0.463 e. The van der Waals surface area contributed by atoms with Crippen molar-refractivity contribution < 1.29 is 9.53 Å². The van der Waals surface area contributed by atoms with Crippen molar-refractivity contribution >= 4 is 23.4 Å². The molecule has 0 aromatic carbocycles. The van der Waals surface area contributed by atoms with E-state index in [9.17, 15) is 4.79 Å². The van der Waals surface area contributed by atoms with Crippen LogP contribution in [0.4, 0.5) is 5.82 Å². The molecule has 1 aliphatic carbocycles. The smallest absolute Gasteiger partial charge is 0.326 e. The first-order valence-electron chi connectivity index (χ1n) is 7.27. The molecule has 2 atom stereocenters. The zero-order valence-corrected chi connectivity index (χ0v) is 13.2. The minimum absolute atomic E-state index is 0.143. The van der Waals surface area contributed by atoms with Crippen LogP contribution < -0.4 is 5.32 Å². The summed E-state index contributed by atoms with van der Waals surface area (Å²) in [5.41, 5.74) is 1.93. The number of ether oxygens (including phenoxy) is 1. The fourth-order valence-corrected chi connectivity index (χ4v) is 3.15. The molecular weight excluding hydrogens is 316 g/mol. The Morgan fingerprint density at radius 3 is 3.13 bits per heavy atom. The van der Waals surface area contributed by atoms with E-state index >= 15 is 0 Å². The average molecular weight is 331 g/mol. The van der Waals surface area contributed by atoms with Crippen molar-refractivity contribution in [3.05, 3.63) is 58.4 Å². The van der Waals surface area contributed by atoms with Crippen LogP contribution in [0, 0.1) is 6.57 Å². The third kappa shape index (κ3) is 2.64. The fourth-order valence-electron chi connectivity index (χ4n) is 2.84. The molecule has 2 unspecified atom stereocenters. The van der Waals surface area contributed by atoms with E-state index in [0.717, 1.165) is 11.1 Å². The van der Waals surface area contributed by atoms with E-state index in [-0.39, 0.29) is 23.4 Å². The largest absolute Gasteiger partial charge is 0.463 e. The molecular formula is C16H15ClN4O2. The molecule has 2 N–H and O–H groups in total. The number of alkyl halides is 1. The van der Waals surface area contributed by atoms with E-state index in [2.05, 4.69) is 20.4 Å². The highest BCUT2D eigenvalue weighted by Gasteiger charge is 2.39. The van der Waals surface area contributed by atoms with Gasteiger partial charge in [-0.05, 0) is 18.9 Å². The van der Waals surface area contributed by atoms with Gasteiger partial charge in [0.2, 0.25) is 11.6 Å². The molecule has 0 saturated carbocycles. The van der Waals surface area contributed by atoms with Crippen LogP contribution in [-0.2, 0) is 9.53 Å². The number of allylic oxidation sites excluding steroid dienone is 4. The minimum atomic E-state index is -0.512. The molecule has 1 aromatic rings. The van der Waals surface area contributed by atoms with Crippen LogP contribution in [0.5, 0.6) is 0 Å². The number of fused-ring (bicyclic) bond motifs is 1. The van der Waals surface area contributed by atoms with Gasteiger partial charge in [0, 0.05) is 11.5 Å². The number of hydrogen-bond donors (Lipinski definition) is 2. The Kier molecular flexibility index (Phi) is 4.22. The van der Waals surface area contributed by atoms with Crippen molar-refractivity contribution in [1.82, 2.24) is 10.2 Å². The van der Waals surface area contributed by atoms with E-state index in [1.165, 1.54) is 0 Å². The van der Waals surface area contributed by atoms with Crippen molar-refractivity contribution in [3.8, 4) is 0 Å². The number of aromatic nitrogens is 2. The summed E-state index contributed by atoms with van der Waals surface area (Å²) in [4.78, 5) is 15.9. The van der Waals surface area contributed by atoms with Gasteiger partial charge in [-0.1, -0.05) is 24.8 Å². The molecule has 0 saturated heterocycles. The second-order valence-corrected chi connectivity index (χ2v) is 5.68. The standard InChI is InChI=1S/C16H15ClN4O2/c1-3-23-16(22)13-12(9-6-4-5-7-11(9)17)10-8-19-21-14(10)20-15(13)18-2/h4-6,8,11-12H,3,7H2,1H3,(H2,19,20,21). The maximum absolute atomic E-state index is 12.5. The number of halogens is 1. The summed E-state index contributed by atoms with van der Waals surface area (Å²) in [6.07, 6.45) is 8.11. The predicted molar refractivity (Wildman–Crippen MR) is 86.7 cm³/mol. The van der Waals surface area contributed by atoms with E-state index in [0.29, 0.717) is 12.2 Å². The van der Waals surface area contributed by atoms with Gasteiger partial charge < -0.3 is 9.58 Å². The Bertz CT molecular complexity index is 769. The second kappa shape index (κ2) is 6.31. The molecule has 1 aliphatic heterocycles. The summed E-state index contributed by atoms with van der Waals surface area (Å²) in [5.74, 6) is -0.208. The molecule has 2 heterocycles. The first-order chi connectivity index (χ1) is 11.2. The lowest BCUT2D eigenvalue weighted by molar-refractivity contribution is -0.138. The Hall–Kier alpha value is -2.52. The molecule has 3 rings (SSSR count). The average Bonchev–Trinajstić information content (AvgIpc) is 3.02. The molecule has 0 fully saturated rings. The number of aromatic amines is 1.